The lowest BCUT2D eigenvalue weighted by Gasteiger charge is -2.23. The SMILES string of the molecule is Cc1cncc2cc(C3(N=C=O)CCCC3)ccc12. The number of isocyanates is 1. The van der Waals surface area contributed by atoms with Gasteiger partial charge in [-0.3, -0.25) is 4.98 Å². The van der Waals surface area contributed by atoms with E-state index >= 15 is 0 Å². The van der Waals surface area contributed by atoms with Crippen molar-refractivity contribution >= 4 is 16.9 Å². The molecule has 3 rings (SSSR count). The number of aromatic nitrogens is 1. The van der Waals surface area contributed by atoms with Crippen LogP contribution in [0.5, 0.6) is 0 Å². The third kappa shape index (κ3) is 1.96. The molecule has 1 aliphatic rings. The summed E-state index contributed by atoms with van der Waals surface area (Å²) in [6.07, 6.45) is 9.63. The highest BCUT2D eigenvalue weighted by molar-refractivity contribution is 5.85. The van der Waals surface area contributed by atoms with E-state index < -0.39 is 0 Å². The molecule has 0 saturated heterocycles. The molecule has 0 aliphatic heterocycles. The highest BCUT2D eigenvalue weighted by Gasteiger charge is 2.35. The molecule has 1 fully saturated rings. The zero-order valence-corrected chi connectivity index (χ0v) is 11.0. The highest BCUT2D eigenvalue weighted by Crippen LogP contribution is 2.42. The molecule has 1 aromatic carbocycles. The highest BCUT2D eigenvalue weighted by atomic mass is 16.1. The van der Waals surface area contributed by atoms with E-state index in [1.807, 2.05) is 12.4 Å². The van der Waals surface area contributed by atoms with Crippen molar-refractivity contribution in [2.45, 2.75) is 38.1 Å². The summed E-state index contributed by atoms with van der Waals surface area (Å²) < 4.78 is 0. The second-order valence-electron chi connectivity index (χ2n) is 5.33. The van der Waals surface area contributed by atoms with Crippen LogP contribution in [-0.4, -0.2) is 11.1 Å². The molecule has 0 radical (unpaired) electrons. The molecular formula is C16H16N2O. The van der Waals surface area contributed by atoms with Crippen molar-refractivity contribution in [3.8, 4) is 0 Å². The quantitative estimate of drug-likeness (QED) is 0.604. The fourth-order valence-electron chi connectivity index (χ4n) is 3.13. The number of benzene rings is 1. The molecular weight excluding hydrogens is 236 g/mol. The van der Waals surface area contributed by atoms with Gasteiger partial charge in [0.2, 0.25) is 6.08 Å². The number of pyridine rings is 1. The number of nitrogens with zero attached hydrogens (tertiary/aromatic N) is 2. The van der Waals surface area contributed by atoms with Crippen molar-refractivity contribution in [3.05, 3.63) is 41.7 Å². The average molecular weight is 252 g/mol. The monoisotopic (exact) mass is 252 g/mol. The maximum absolute atomic E-state index is 10.8. The summed E-state index contributed by atoms with van der Waals surface area (Å²) in [6, 6.07) is 6.34. The van der Waals surface area contributed by atoms with E-state index in [9.17, 15) is 4.79 Å². The third-order valence-corrected chi connectivity index (χ3v) is 4.19. The van der Waals surface area contributed by atoms with Gasteiger partial charge >= 0.3 is 0 Å². The second-order valence-corrected chi connectivity index (χ2v) is 5.33. The van der Waals surface area contributed by atoms with Crippen LogP contribution in [0.25, 0.3) is 10.8 Å². The smallest absolute Gasteiger partial charge is 0.235 e. The third-order valence-electron chi connectivity index (χ3n) is 4.19. The first-order chi connectivity index (χ1) is 9.25. The van der Waals surface area contributed by atoms with E-state index in [2.05, 4.69) is 35.1 Å². The predicted molar refractivity (Wildman–Crippen MR) is 74.7 cm³/mol. The van der Waals surface area contributed by atoms with Crippen LogP contribution in [0.15, 0.2) is 35.6 Å². The summed E-state index contributed by atoms with van der Waals surface area (Å²) in [5.74, 6) is 0. The molecule has 3 heteroatoms. The normalized spacial score (nSPS) is 17.3. The lowest BCUT2D eigenvalue weighted by molar-refractivity contribution is 0.456. The molecule has 2 aromatic rings. The zero-order chi connectivity index (χ0) is 13.3. The van der Waals surface area contributed by atoms with Crippen molar-refractivity contribution in [2.24, 2.45) is 4.99 Å². The molecule has 0 unspecified atom stereocenters. The summed E-state index contributed by atoms with van der Waals surface area (Å²) in [7, 11) is 0. The lowest BCUT2D eigenvalue weighted by Crippen LogP contribution is -2.18. The van der Waals surface area contributed by atoms with Gasteiger partial charge in [0, 0.05) is 17.8 Å². The molecule has 1 saturated carbocycles. The molecule has 19 heavy (non-hydrogen) atoms. The van der Waals surface area contributed by atoms with Crippen LogP contribution in [0.4, 0.5) is 0 Å². The minimum atomic E-state index is -0.348. The molecule has 1 heterocycles. The van der Waals surface area contributed by atoms with Crippen molar-refractivity contribution < 1.29 is 4.79 Å². The Kier molecular flexibility index (Phi) is 2.92. The van der Waals surface area contributed by atoms with Gasteiger partial charge in [0.25, 0.3) is 0 Å². The summed E-state index contributed by atoms with van der Waals surface area (Å²) in [6.45, 7) is 2.06. The number of fused-ring (bicyclic) bond motifs is 1. The fraction of sp³-hybridized carbons (Fsp3) is 0.375. The Balaban J connectivity index is 2.17. The van der Waals surface area contributed by atoms with Crippen LogP contribution < -0.4 is 0 Å². The maximum Gasteiger partial charge on any atom is 0.235 e. The van der Waals surface area contributed by atoms with Crippen LogP contribution in [-0.2, 0) is 10.3 Å². The maximum atomic E-state index is 10.8. The zero-order valence-electron chi connectivity index (χ0n) is 11.0. The Hall–Kier alpha value is -1.99. The first-order valence-corrected chi connectivity index (χ1v) is 6.69. The van der Waals surface area contributed by atoms with Crippen LogP contribution in [0.2, 0.25) is 0 Å². The lowest BCUT2D eigenvalue weighted by atomic mass is 9.87. The Labute approximate surface area is 112 Å². The Morgan fingerprint density at radius 1 is 1.26 bits per heavy atom. The molecule has 0 atom stereocenters. The number of rotatable bonds is 2. The van der Waals surface area contributed by atoms with E-state index in [1.54, 1.807) is 6.08 Å². The first-order valence-electron chi connectivity index (χ1n) is 6.69. The van der Waals surface area contributed by atoms with Crippen molar-refractivity contribution in [1.82, 2.24) is 4.98 Å². The van der Waals surface area contributed by atoms with Crippen molar-refractivity contribution in [3.63, 3.8) is 0 Å². The van der Waals surface area contributed by atoms with E-state index in [0.29, 0.717) is 0 Å². The van der Waals surface area contributed by atoms with Crippen LogP contribution in [0.3, 0.4) is 0 Å². The largest absolute Gasteiger partial charge is 0.264 e. The minimum absolute atomic E-state index is 0.348. The standard InChI is InChI=1S/C16H16N2O/c1-12-9-17-10-13-8-14(4-5-15(12)13)16(18-11-19)6-2-3-7-16/h4-5,8-10H,2-3,6-7H2,1H3. The topological polar surface area (TPSA) is 42.3 Å². The molecule has 96 valence electrons. The van der Waals surface area contributed by atoms with Gasteiger partial charge in [0.1, 0.15) is 0 Å². The van der Waals surface area contributed by atoms with Gasteiger partial charge < -0.3 is 0 Å². The summed E-state index contributed by atoms with van der Waals surface area (Å²) in [5.41, 5.74) is 1.94. The average Bonchev–Trinajstić information content (AvgIpc) is 2.89. The van der Waals surface area contributed by atoms with Crippen molar-refractivity contribution in [1.29, 1.82) is 0 Å². The Morgan fingerprint density at radius 3 is 2.79 bits per heavy atom. The molecule has 0 spiro atoms. The van der Waals surface area contributed by atoms with Gasteiger partial charge in [-0.1, -0.05) is 25.0 Å². The van der Waals surface area contributed by atoms with Gasteiger partial charge in [0.05, 0.1) is 5.54 Å². The van der Waals surface area contributed by atoms with Crippen LogP contribution in [0, 0.1) is 6.92 Å². The fourth-order valence-corrected chi connectivity index (χ4v) is 3.13. The Bertz CT molecular complexity index is 666. The summed E-state index contributed by atoms with van der Waals surface area (Å²) in [5, 5.41) is 2.33. The number of hydrogen-bond donors (Lipinski definition) is 0. The Morgan fingerprint density at radius 2 is 2.05 bits per heavy atom. The molecule has 3 nitrogen and oxygen atoms in total. The van der Waals surface area contributed by atoms with E-state index in [4.69, 9.17) is 0 Å². The summed E-state index contributed by atoms with van der Waals surface area (Å²) in [4.78, 5) is 19.1. The number of aliphatic imine (C=N–C) groups is 1. The van der Waals surface area contributed by atoms with Crippen molar-refractivity contribution in [2.75, 3.05) is 0 Å². The van der Waals surface area contributed by atoms with Gasteiger partial charge in [-0.25, -0.2) is 4.79 Å². The van der Waals surface area contributed by atoms with Gasteiger partial charge in [-0.05, 0) is 42.3 Å². The molecule has 0 N–H and O–H groups in total. The summed E-state index contributed by atoms with van der Waals surface area (Å²) >= 11 is 0. The van der Waals surface area contributed by atoms with Gasteiger partial charge in [0.15, 0.2) is 0 Å². The predicted octanol–water partition coefficient (Wildman–Crippen LogP) is 3.65. The van der Waals surface area contributed by atoms with Crippen LogP contribution in [0.1, 0.15) is 36.8 Å². The number of aryl methyl sites for hydroxylation is 1. The number of carbonyl (C=O) groups excluding carboxylic acids is 1. The van der Waals surface area contributed by atoms with Gasteiger partial charge in [-0.15, -0.1) is 0 Å². The van der Waals surface area contributed by atoms with E-state index in [-0.39, 0.29) is 5.54 Å². The van der Waals surface area contributed by atoms with Gasteiger partial charge in [-0.2, -0.15) is 4.99 Å². The molecule has 0 amide bonds. The van der Waals surface area contributed by atoms with Crippen LogP contribution >= 0.6 is 0 Å². The molecule has 0 bridgehead atoms. The van der Waals surface area contributed by atoms with E-state index in [0.717, 1.165) is 36.6 Å². The molecule has 1 aromatic heterocycles. The number of hydrogen-bond acceptors (Lipinski definition) is 3. The molecule has 1 aliphatic carbocycles. The second kappa shape index (κ2) is 4.60. The minimum Gasteiger partial charge on any atom is -0.264 e. The van der Waals surface area contributed by atoms with E-state index in [1.165, 1.54) is 10.9 Å². The first kappa shape index (κ1) is 12.1.